The lowest BCUT2D eigenvalue weighted by atomic mass is 9.91. The predicted octanol–water partition coefficient (Wildman–Crippen LogP) is 5.94. The first-order chi connectivity index (χ1) is 20.6. The minimum absolute atomic E-state index is 0.00694. The molecule has 2 unspecified atom stereocenters. The number of ether oxygens (including phenoxy) is 2. The van der Waals surface area contributed by atoms with Crippen LogP contribution in [0.25, 0.3) is 0 Å². The first kappa shape index (κ1) is 33.8. The van der Waals surface area contributed by atoms with Crippen LogP contribution in [-0.4, -0.2) is 57.3 Å². The molecule has 0 aliphatic carbocycles. The van der Waals surface area contributed by atoms with Gasteiger partial charge in [0.1, 0.15) is 34.9 Å². The summed E-state index contributed by atoms with van der Waals surface area (Å²) in [5.41, 5.74) is -0.0565. The van der Waals surface area contributed by atoms with Crippen LogP contribution in [0.1, 0.15) is 65.1 Å². The molecule has 3 amide bonds. The summed E-state index contributed by atoms with van der Waals surface area (Å²) in [7, 11) is 1.55. The normalized spacial score (nSPS) is 12.9. The lowest BCUT2D eigenvalue weighted by molar-refractivity contribution is -0.147. The largest absolute Gasteiger partial charge is 0.508 e. The predicted molar refractivity (Wildman–Crippen MR) is 169 cm³/mol. The van der Waals surface area contributed by atoms with Gasteiger partial charge in [-0.2, -0.15) is 0 Å². The number of hydrogen-bond donors (Lipinski definition) is 4. The highest BCUT2D eigenvalue weighted by Gasteiger charge is 2.43. The third kappa shape index (κ3) is 9.13. The van der Waals surface area contributed by atoms with E-state index >= 15 is 0 Å². The Labute approximate surface area is 259 Å². The second-order valence-corrected chi connectivity index (χ2v) is 12.2. The summed E-state index contributed by atoms with van der Waals surface area (Å²) in [6, 6.07) is 17.0. The summed E-state index contributed by atoms with van der Waals surface area (Å²) in [6.07, 6.45) is -0.244. The van der Waals surface area contributed by atoms with Gasteiger partial charge < -0.3 is 35.2 Å². The number of carbonyl (C=O) groups is 3. The van der Waals surface area contributed by atoms with Crippen LogP contribution < -0.4 is 15.4 Å². The molecule has 0 spiro atoms. The van der Waals surface area contributed by atoms with Gasteiger partial charge in [-0.1, -0.05) is 31.2 Å². The van der Waals surface area contributed by atoms with Crippen LogP contribution in [0.4, 0.5) is 10.5 Å². The monoisotopic (exact) mass is 605 g/mol. The number of phenolic OH excluding ortho intramolecular Hbond substituents is 2. The van der Waals surface area contributed by atoms with Crippen molar-refractivity contribution in [1.29, 1.82) is 0 Å². The fourth-order valence-corrected chi connectivity index (χ4v) is 4.59. The van der Waals surface area contributed by atoms with Crippen molar-refractivity contribution in [1.82, 2.24) is 10.2 Å². The molecule has 3 rings (SSSR count). The maximum Gasteiger partial charge on any atom is 0.408 e. The lowest BCUT2D eigenvalue weighted by Gasteiger charge is -2.44. The van der Waals surface area contributed by atoms with Crippen LogP contribution in [-0.2, 0) is 20.7 Å². The van der Waals surface area contributed by atoms with Crippen molar-refractivity contribution in [3.05, 3.63) is 83.9 Å². The summed E-state index contributed by atoms with van der Waals surface area (Å²) in [6.45, 7) is 10.8. The molecular formula is C34H43N3O7. The third-order valence-electron chi connectivity index (χ3n) is 7.19. The molecule has 0 saturated carbocycles. The van der Waals surface area contributed by atoms with Crippen LogP contribution in [0, 0.1) is 0 Å². The minimum Gasteiger partial charge on any atom is -0.508 e. The Kier molecular flexibility index (Phi) is 10.9. The molecule has 44 heavy (non-hydrogen) atoms. The highest BCUT2D eigenvalue weighted by Crippen LogP contribution is 2.34. The maximum atomic E-state index is 14.7. The van der Waals surface area contributed by atoms with Gasteiger partial charge in [-0.05, 0) is 101 Å². The Morgan fingerprint density at radius 1 is 0.841 bits per heavy atom. The van der Waals surface area contributed by atoms with E-state index < -0.39 is 41.1 Å². The van der Waals surface area contributed by atoms with Crippen molar-refractivity contribution in [3.63, 3.8) is 0 Å². The van der Waals surface area contributed by atoms with Crippen LogP contribution in [0.3, 0.4) is 0 Å². The highest BCUT2D eigenvalue weighted by atomic mass is 16.6. The van der Waals surface area contributed by atoms with Crippen molar-refractivity contribution >= 4 is 23.6 Å². The van der Waals surface area contributed by atoms with Gasteiger partial charge in [0.05, 0.1) is 7.11 Å². The van der Waals surface area contributed by atoms with E-state index in [1.807, 2.05) is 20.8 Å². The van der Waals surface area contributed by atoms with Gasteiger partial charge in [0.15, 0.2) is 0 Å². The molecule has 236 valence electrons. The second-order valence-electron chi connectivity index (χ2n) is 12.2. The third-order valence-corrected chi connectivity index (χ3v) is 7.19. The molecule has 2 atom stereocenters. The number of nitrogens with one attached hydrogen (secondary N) is 2. The lowest BCUT2D eigenvalue weighted by Crippen LogP contribution is -2.59. The summed E-state index contributed by atoms with van der Waals surface area (Å²) in [4.78, 5) is 43.3. The first-order valence-electron chi connectivity index (χ1n) is 14.5. The van der Waals surface area contributed by atoms with Crippen molar-refractivity contribution in [2.45, 2.75) is 77.6 Å². The topological polar surface area (TPSA) is 137 Å². The fraction of sp³-hybridized carbons (Fsp3) is 0.382. The molecule has 0 saturated heterocycles. The average molecular weight is 606 g/mol. The Morgan fingerprint density at radius 3 is 1.89 bits per heavy atom. The zero-order valence-electron chi connectivity index (χ0n) is 26.4. The van der Waals surface area contributed by atoms with E-state index in [1.165, 1.54) is 29.2 Å². The Morgan fingerprint density at radius 2 is 1.39 bits per heavy atom. The molecular weight excluding hydrogens is 562 g/mol. The second kappa shape index (κ2) is 14.2. The van der Waals surface area contributed by atoms with Crippen molar-refractivity contribution < 1.29 is 34.1 Å². The van der Waals surface area contributed by atoms with Gasteiger partial charge in [-0.15, -0.1) is 0 Å². The summed E-state index contributed by atoms with van der Waals surface area (Å²) in [5.74, 6) is -0.317. The van der Waals surface area contributed by atoms with Gasteiger partial charge in [-0.25, -0.2) is 4.79 Å². The number of alkyl carbamates (subject to hydrolysis) is 1. The van der Waals surface area contributed by atoms with Crippen molar-refractivity contribution in [3.8, 4) is 17.2 Å². The van der Waals surface area contributed by atoms with Crippen LogP contribution >= 0.6 is 0 Å². The zero-order chi connectivity index (χ0) is 32.7. The van der Waals surface area contributed by atoms with Gasteiger partial charge in [0.2, 0.25) is 5.91 Å². The van der Waals surface area contributed by atoms with E-state index in [4.69, 9.17) is 9.47 Å². The van der Waals surface area contributed by atoms with Crippen LogP contribution in [0.15, 0.2) is 72.8 Å². The molecule has 0 aliphatic rings. The molecule has 10 nitrogen and oxygen atoms in total. The smallest absolute Gasteiger partial charge is 0.408 e. The number of anilines is 1. The average Bonchev–Trinajstić information content (AvgIpc) is 2.96. The van der Waals surface area contributed by atoms with E-state index in [9.17, 15) is 24.6 Å². The standard InChI is InChI=1S/C34H43N3O7/c1-8-34(5,6)37(31(41)28(36-32(42)44-33(2,3)4)21-22-9-15-25(38)16-10-22)29(23-11-17-26(39)18-12-23)30(40)35-24-13-19-27(43-7)20-14-24/h9-20,28-29,38-39H,8,21H2,1-7H3,(H,35,40)(H,36,42). The number of carbonyl (C=O) groups excluding carboxylic acids is 3. The van der Waals surface area contributed by atoms with E-state index in [1.54, 1.807) is 76.4 Å². The minimum atomic E-state index is -1.15. The van der Waals surface area contributed by atoms with Gasteiger partial charge >= 0.3 is 6.09 Å². The molecule has 3 aromatic rings. The van der Waals surface area contributed by atoms with Crippen LogP contribution in [0.5, 0.6) is 17.2 Å². The number of hydrogen-bond acceptors (Lipinski definition) is 7. The van der Waals surface area contributed by atoms with E-state index in [0.717, 1.165) is 0 Å². The Bertz CT molecular complexity index is 1410. The maximum absolute atomic E-state index is 14.7. The molecule has 0 radical (unpaired) electrons. The first-order valence-corrected chi connectivity index (χ1v) is 14.5. The summed E-state index contributed by atoms with van der Waals surface area (Å²) < 4.78 is 10.7. The van der Waals surface area contributed by atoms with Crippen LogP contribution in [0.2, 0.25) is 0 Å². The number of nitrogens with zero attached hydrogens (tertiary/aromatic N) is 1. The number of amides is 3. The number of phenols is 2. The molecule has 0 aliphatic heterocycles. The molecule has 0 bridgehead atoms. The molecule has 3 aromatic carbocycles. The fourth-order valence-electron chi connectivity index (χ4n) is 4.59. The van der Waals surface area contributed by atoms with E-state index in [0.29, 0.717) is 29.0 Å². The number of methoxy groups -OCH3 is 1. The number of aromatic hydroxyl groups is 2. The van der Waals surface area contributed by atoms with Gasteiger partial charge in [0.25, 0.3) is 5.91 Å². The number of rotatable bonds is 11. The van der Waals surface area contributed by atoms with Crippen molar-refractivity contribution in [2.24, 2.45) is 0 Å². The van der Waals surface area contributed by atoms with Crippen molar-refractivity contribution in [2.75, 3.05) is 12.4 Å². The van der Waals surface area contributed by atoms with E-state index in [-0.39, 0.29) is 17.9 Å². The molecule has 4 N–H and O–H groups in total. The summed E-state index contributed by atoms with van der Waals surface area (Å²) in [5, 5.41) is 25.4. The Balaban J connectivity index is 2.12. The summed E-state index contributed by atoms with van der Waals surface area (Å²) >= 11 is 0. The van der Waals surface area contributed by atoms with Gasteiger partial charge in [0, 0.05) is 17.6 Å². The molecule has 0 aromatic heterocycles. The quantitative estimate of drug-likeness (QED) is 0.212. The number of benzene rings is 3. The highest BCUT2D eigenvalue weighted by molar-refractivity contribution is 5.99. The molecule has 0 fully saturated rings. The van der Waals surface area contributed by atoms with Gasteiger partial charge in [-0.3, -0.25) is 9.59 Å². The SMILES string of the molecule is CCC(C)(C)N(C(=O)C(Cc1ccc(O)cc1)NC(=O)OC(C)(C)C)C(C(=O)Nc1ccc(OC)cc1)c1ccc(O)cc1. The van der Waals surface area contributed by atoms with E-state index in [2.05, 4.69) is 10.6 Å². The Hall–Kier alpha value is -4.73. The zero-order valence-corrected chi connectivity index (χ0v) is 26.4. The molecule has 0 heterocycles. The molecule has 10 heteroatoms.